The summed E-state index contributed by atoms with van der Waals surface area (Å²) in [6.07, 6.45) is 0.0491. The molecule has 9 heteroatoms. The first-order valence-corrected chi connectivity index (χ1v) is 10.1. The highest BCUT2D eigenvalue weighted by molar-refractivity contribution is 7.20. The molecule has 0 unspecified atom stereocenters. The van der Waals surface area contributed by atoms with Gasteiger partial charge in [-0.25, -0.2) is 9.97 Å². The fraction of sp³-hybridized carbons (Fsp3) is 0.278. The number of anilines is 4. The van der Waals surface area contributed by atoms with Crippen molar-refractivity contribution < 1.29 is 9.53 Å². The molecular weight excluding hydrogens is 382 g/mol. The van der Waals surface area contributed by atoms with E-state index in [1.165, 1.54) is 29.6 Å². The van der Waals surface area contributed by atoms with Crippen molar-refractivity contribution in [2.75, 3.05) is 16.4 Å². The molecule has 4 N–H and O–H groups in total. The maximum absolute atomic E-state index is 11.2. The van der Waals surface area contributed by atoms with E-state index in [1.54, 1.807) is 6.07 Å². The standard InChI is InChI=1S/C18H21N5O2S2/c1-9(2)25-15-6-5-12(19)7-13(15)22-17-23-14(8-26-17)16-10(3)20-18(27-16)21-11(4)24/h5-9H,19H2,1-4H3,(H,22,23)(H,20,21,24). The third kappa shape index (κ3) is 4.75. The maximum atomic E-state index is 11.2. The van der Waals surface area contributed by atoms with Crippen LogP contribution in [0.15, 0.2) is 23.6 Å². The molecule has 0 saturated heterocycles. The normalized spacial score (nSPS) is 10.9. The molecule has 2 aromatic heterocycles. The predicted octanol–water partition coefficient (Wildman–Crippen LogP) is 4.65. The smallest absolute Gasteiger partial charge is 0.223 e. The number of nitrogens with one attached hydrogen (secondary N) is 2. The van der Waals surface area contributed by atoms with Crippen molar-refractivity contribution in [2.45, 2.75) is 33.8 Å². The van der Waals surface area contributed by atoms with Gasteiger partial charge in [-0.05, 0) is 39.0 Å². The van der Waals surface area contributed by atoms with E-state index in [1.807, 2.05) is 38.3 Å². The van der Waals surface area contributed by atoms with Crippen molar-refractivity contribution in [1.82, 2.24) is 9.97 Å². The van der Waals surface area contributed by atoms with Crippen molar-refractivity contribution in [3.8, 4) is 16.3 Å². The Hall–Kier alpha value is -2.65. The van der Waals surface area contributed by atoms with Gasteiger partial charge >= 0.3 is 0 Å². The number of amides is 1. The molecule has 0 atom stereocenters. The van der Waals surface area contributed by atoms with E-state index in [0.717, 1.165) is 32.8 Å². The van der Waals surface area contributed by atoms with Crippen LogP contribution < -0.4 is 21.1 Å². The quantitative estimate of drug-likeness (QED) is 0.518. The Balaban J connectivity index is 1.84. The lowest BCUT2D eigenvalue weighted by atomic mass is 10.2. The molecule has 1 amide bonds. The third-order valence-corrected chi connectivity index (χ3v) is 5.28. The molecule has 0 aliphatic rings. The van der Waals surface area contributed by atoms with E-state index in [9.17, 15) is 4.79 Å². The lowest BCUT2D eigenvalue weighted by Crippen LogP contribution is -2.07. The number of hydrogen-bond acceptors (Lipinski definition) is 8. The fourth-order valence-electron chi connectivity index (χ4n) is 2.39. The average Bonchev–Trinajstić information content (AvgIpc) is 3.15. The first-order chi connectivity index (χ1) is 12.8. The van der Waals surface area contributed by atoms with E-state index in [0.29, 0.717) is 10.8 Å². The minimum absolute atomic E-state index is 0.0491. The van der Waals surface area contributed by atoms with E-state index in [-0.39, 0.29) is 12.0 Å². The van der Waals surface area contributed by atoms with E-state index < -0.39 is 0 Å². The maximum Gasteiger partial charge on any atom is 0.223 e. The third-order valence-electron chi connectivity index (χ3n) is 3.42. The van der Waals surface area contributed by atoms with Crippen molar-refractivity contribution >= 4 is 50.2 Å². The molecule has 0 fully saturated rings. The van der Waals surface area contributed by atoms with Gasteiger partial charge in [-0.3, -0.25) is 4.79 Å². The van der Waals surface area contributed by atoms with Gasteiger partial charge in [0.15, 0.2) is 10.3 Å². The molecule has 0 saturated carbocycles. The van der Waals surface area contributed by atoms with Crippen LogP contribution in [0, 0.1) is 6.92 Å². The Kier molecular flexibility index (Phi) is 5.62. The first kappa shape index (κ1) is 19.1. The van der Waals surface area contributed by atoms with Gasteiger partial charge in [-0.1, -0.05) is 11.3 Å². The van der Waals surface area contributed by atoms with Crippen LogP contribution in [-0.2, 0) is 4.79 Å². The van der Waals surface area contributed by atoms with Crippen molar-refractivity contribution in [2.24, 2.45) is 0 Å². The minimum atomic E-state index is -0.143. The molecule has 0 radical (unpaired) electrons. The summed E-state index contributed by atoms with van der Waals surface area (Å²) in [5.74, 6) is 0.577. The second-order valence-electron chi connectivity index (χ2n) is 6.20. The monoisotopic (exact) mass is 403 g/mol. The van der Waals surface area contributed by atoms with Crippen molar-refractivity contribution in [1.29, 1.82) is 0 Å². The van der Waals surface area contributed by atoms with Crippen LogP contribution in [0.1, 0.15) is 26.5 Å². The van der Waals surface area contributed by atoms with Crippen LogP contribution in [0.25, 0.3) is 10.6 Å². The number of aryl methyl sites for hydroxylation is 1. The zero-order valence-corrected chi connectivity index (χ0v) is 17.1. The molecule has 0 aliphatic carbocycles. The number of hydrogen-bond donors (Lipinski definition) is 3. The number of carbonyl (C=O) groups excluding carboxylic acids is 1. The summed E-state index contributed by atoms with van der Waals surface area (Å²) >= 11 is 2.88. The van der Waals surface area contributed by atoms with Gasteiger partial charge < -0.3 is 21.1 Å². The van der Waals surface area contributed by atoms with E-state index in [4.69, 9.17) is 10.5 Å². The van der Waals surface area contributed by atoms with Crippen LogP contribution in [0.2, 0.25) is 0 Å². The lowest BCUT2D eigenvalue weighted by molar-refractivity contribution is -0.114. The molecule has 3 aromatic rings. The van der Waals surface area contributed by atoms with Crippen LogP contribution in [-0.4, -0.2) is 22.0 Å². The number of nitrogens with two attached hydrogens (primary N) is 1. The molecule has 0 spiro atoms. The second-order valence-corrected chi connectivity index (χ2v) is 8.06. The molecule has 0 aliphatic heterocycles. The van der Waals surface area contributed by atoms with Gasteiger partial charge in [0.05, 0.1) is 28.1 Å². The Morgan fingerprint density at radius 2 is 2.04 bits per heavy atom. The number of thiazole rings is 2. The number of nitrogens with zero attached hydrogens (tertiary/aromatic N) is 2. The molecule has 7 nitrogen and oxygen atoms in total. The average molecular weight is 404 g/mol. The van der Waals surface area contributed by atoms with E-state index >= 15 is 0 Å². The fourth-order valence-corrected chi connectivity index (χ4v) is 4.15. The number of aromatic nitrogens is 2. The number of nitrogen functional groups attached to an aromatic ring is 1. The molecule has 142 valence electrons. The molecule has 27 heavy (non-hydrogen) atoms. The summed E-state index contributed by atoms with van der Waals surface area (Å²) in [4.78, 5) is 21.2. The summed E-state index contributed by atoms with van der Waals surface area (Å²) in [5.41, 5.74) is 8.96. The molecular formula is C18H21N5O2S2. The van der Waals surface area contributed by atoms with Gasteiger partial charge in [0, 0.05) is 18.0 Å². The number of benzene rings is 1. The van der Waals surface area contributed by atoms with Gasteiger partial charge in [-0.2, -0.15) is 0 Å². The Morgan fingerprint density at radius 1 is 1.26 bits per heavy atom. The number of ether oxygens (including phenoxy) is 1. The largest absolute Gasteiger partial charge is 0.489 e. The first-order valence-electron chi connectivity index (χ1n) is 8.36. The highest BCUT2D eigenvalue weighted by atomic mass is 32.1. The molecule has 1 aromatic carbocycles. The lowest BCUT2D eigenvalue weighted by Gasteiger charge is -2.15. The Labute approximate surface area is 165 Å². The second kappa shape index (κ2) is 7.93. The van der Waals surface area contributed by atoms with Crippen LogP contribution in [0.3, 0.4) is 0 Å². The zero-order valence-electron chi connectivity index (χ0n) is 15.5. The van der Waals surface area contributed by atoms with Crippen molar-refractivity contribution in [3.63, 3.8) is 0 Å². The molecule has 2 heterocycles. The van der Waals surface area contributed by atoms with Crippen LogP contribution in [0.4, 0.5) is 21.6 Å². The molecule has 3 rings (SSSR count). The van der Waals surface area contributed by atoms with Gasteiger partial charge in [0.1, 0.15) is 5.75 Å². The van der Waals surface area contributed by atoms with E-state index in [2.05, 4.69) is 20.6 Å². The highest BCUT2D eigenvalue weighted by Gasteiger charge is 2.15. The number of carbonyl (C=O) groups is 1. The van der Waals surface area contributed by atoms with Gasteiger partial charge in [-0.15, -0.1) is 11.3 Å². The highest BCUT2D eigenvalue weighted by Crippen LogP contribution is 2.37. The Bertz CT molecular complexity index is 965. The minimum Gasteiger partial charge on any atom is -0.489 e. The topological polar surface area (TPSA) is 102 Å². The summed E-state index contributed by atoms with van der Waals surface area (Å²) in [5, 5.41) is 9.24. The summed E-state index contributed by atoms with van der Waals surface area (Å²) in [6.45, 7) is 7.31. The molecule has 0 bridgehead atoms. The summed E-state index contributed by atoms with van der Waals surface area (Å²) in [7, 11) is 0. The summed E-state index contributed by atoms with van der Waals surface area (Å²) < 4.78 is 5.83. The van der Waals surface area contributed by atoms with Gasteiger partial charge in [0.25, 0.3) is 0 Å². The van der Waals surface area contributed by atoms with Crippen LogP contribution in [0.5, 0.6) is 5.75 Å². The van der Waals surface area contributed by atoms with Crippen LogP contribution >= 0.6 is 22.7 Å². The zero-order chi connectivity index (χ0) is 19.6. The number of rotatable bonds is 6. The predicted molar refractivity (Wildman–Crippen MR) is 112 cm³/mol. The summed E-state index contributed by atoms with van der Waals surface area (Å²) in [6, 6.07) is 5.48. The van der Waals surface area contributed by atoms with Gasteiger partial charge in [0.2, 0.25) is 5.91 Å². The Morgan fingerprint density at radius 3 is 2.74 bits per heavy atom. The SMILES string of the molecule is CC(=O)Nc1nc(C)c(-c2csc(Nc3cc(N)ccc3OC(C)C)n2)s1. The van der Waals surface area contributed by atoms with Crippen molar-refractivity contribution in [3.05, 3.63) is 29.3 Å².